The second-order valence-corrected chi connectivity index (χ2v) is 6.29. The molecule has 0 aliphatic carbocycles. The molecule has 0 saturated carbocycles. The van der Waals surface area contributed by atoms with Crippen LogP contribution in [-0.4, -0.2) is 46.9 Å². The summed E-state index contributed by atoms with van der Waals surface area (Å²) in [5.74, 6) is -2.48. The molecular weight excluding hydrogens is 327 g/mol. The number of piperidine rings is 1. The third-order valence-electron chi connectivity index (χ3n) is 4.36. The van der Waals surface area contributed by atoms with Gasteiger partial charge in [0.05, 0.1) is 5.92 Å². The van der Waals surface area contributed by atoms with Gasteiger partial charge in [-0.05, 0) is 43.5 Å². The fourth-order valence-electron chi connectivity index (χ4n) is 2.99. The summed E-state index contributed by atoms with van der Waals surface area (Å²) in [4.78, 5) is 37.6. The van der Waals surface area contributed by atoms with Crippen molar-refractivity contribution in [2.24, 2.45) is 5.92 Å². The Morgan fingerprint density at radius 2 is 2.00 bits per heavy atom. The lowest BCUT2D eigenvalue weighted by molar-refractivity contribution is -0.143. The van der Waals surface area contributed by atoms with Crippen molar-refractivity contribution >= 4 is 17.8 Å². The standard InChI is InChI=1S/C18H23FN2O4/c1-2-4-15(18(24)25)20-16(22)13-5-3-10-21(11-13)17(23)12-6-8-14(19)9-7-12/h6-9,13,15H,2-5,10-11H2,1H3,(H,20,22)(H,24,25). The highest BCUT2D eigenvalue weighted by Crippen LogP contribution is 2.19. The van der Waals surface area contributed by atoms with Gasteiger partial charge in [-0.15, -0.1) is 0 Å². The van der Waals surface area contributed by atoms with Crippen LogP contribution < -0.4 is 5.32 Å². The highest BCUT2D eigenvalue weighted by Gasteiger charge is 2.31. The Bertz CT molecular complexity index is 632. The van der Waals surface area contributed by atoms with Gasteiger partial charge in [0, 0.05) is 18.7 Å². The van der Waals surface area contributed by atoms with E-state index in [0.29, 0.717) is 37.8 Å². The molecule has 0 bridgehead atoms. The molecule has 1 aromatic carbocycles. The van der Waals surface area contributed by atoms with Crippen LogP contribution in [0.4, 0.5) is 4.39 Å². The molecule has 1 aliphatic heterocycles. The minimum Gasteiger partial charge on any atom is -0.480 e. The van der Waals surface area contributed by atoms with E-state index in [1.54, 1.807) is 4.90 Å². The maximum atomic E-state index is 13.0. The van der Waals surface area contributed by atoms with Gasteiger partial charge in [0.2, 0.25) is 5.91 Å². The summed E-state index contributed by atoms with van der Waals surface area (Å²) in [6, 6.07) is 4.39. The molecule has 2 atom stereocenters. The molecule has 7 heteroatoms. The zero-order valence-electron chi connectivity index (χ0n) is 14.2. The number of carboxylic acids is 1. The Morgan fingerprint density at radius 1 is 1.32 bits per heavy atom. The Kier molecular flexibility index (Phi) is 6.50. The maximum absolute atomic E-state index is 13.0. The third kappa shape index (κ3) is 5.01. The van der Waals surface area contributed by atoms with Crippen molar-refractivity contribution in [2.45, 2.75) is 38.6 Å². The number of hydrogen-bond acceptors (Lipinski definition) is 3. The van der Waals surface area contributed by atoms with Crippen LogP contribution in [0.25, 0.3) is 0 Å². The van der Waals surface area contributed by atoms with Crippen LogP contribution in [0.2, 0.25) is 0 Å². The smallest absolute Gasteiger partial charge is 0.326 e. The van der Waals surface area contributed by atoms with Crippen LogP contribution in [0.5, 0.6) is 0 Å². The van der Waals surface area contributed by atoms with Crippen molar-refractivity contribution in [1.82, 2.24) is 10.2 Å². The molecule has 2 N–H and O–H groups in total. The Hall–Kier alpha value is -2.44. The highest BCUT2D eigenvalue weighted by molar-refractivity contribution is 5.94. The molecule has 0 aromatic heterocycles. The van der Waals surface area contributed by atoms with E-state index in [-0.39, 0.29) is 18.4 Å². The van der Waals surface area contributed by atoms with Gasteiger partial charge in [-0.1, -0.05) is 13.3 Å². The number of carbonyl (C=O) groups excluding carboxylic acids is 2. The number of aliphatic carboxylic acids is 1. The first-order chi connectivity index (χ1) is 11.9. The van der Waals surface area contributed by atoms with Gasteiger partial charge in [0.25, 0.3) is 5.91 Å². The number of amides is 2. The van der Waals surface area contributed by atoms with E-state index < -0.39 is 23.7 Å². The van der Waals surface area contributed by atoms with Gasteiger partial charge in [-0.2, -0.15) is 0 Å². The van der Waals surface area contributed by atoms with E-state index in [4.69, 9.17) is 5.11 Å². The number of carbonyl (C=O) groups is 3. The zero-order chi connectivity index (χ0) is 18.4. The van der Waals surface area contributed by atoms with Crippen LogP contribution in [0.15, 0.2) is 24.3 Å². The van der Waals surface area contributed by atoms with E-state index in [2.05, 4.69) is 5.32 Å². The van der Waals surface area contributed by atoms with Gasteiger partial charge in [-0.25, -0.2) is 9.18 Å². The first kappa shape index (κ1) is 18.9. The molecule has 0 radical (unpaired) electrons. The van der Waals surface area contributed by atoms with Crippen LogP contribution in [0.1, 0.15) is 43.0 Å². The molecule has 2 amide bonds. The van der Waals surface area contributed by atoms with Crippen LogP contribution >= 0.6 is 0 Å². The molecule has 6 nitrogen and oxygen atoms in total. The molecule has 0 spiro atoms. The molecule has 2 unspecified atom stereocenters. The fourth-order valence-corrected chi connectivity index (χ4v) is 2.99. The van der Waals surface area contributed by atoms with E-state index in [0.717, 1.165) is 0 Å². The third-order valence-corrected chi connectivity index (χ3v) is 4.36. The molecule has 2 rings (SSSR count). The van der Waals surface area contributed by atoms with Crippen molar-refractivity contribution in [1.29, 1.82) is 0 Å². The topological polar surface area (TPSA) is 86.7 Å². The lowest BCUT2D eigenvalue weighted by atomic mass is 9.96. The van der Waals surface area contributed by atoms with Crippen molar-refractivity contribution in [3.8, 4) is 0 Å². The minimum absolute atomic E-state index is 0.237. The molecule has 1 heterocycles. The number of halogens is 1. The van der Waals surface area contributed by atoms with Gasteiger partial charge < -0.3 is 15.3 Å². The number of nitrogens with zero attached hydrogens (tertiary/aromatic N) is 1. The van der Waals surface area contributed by atoms with E-state index in [9.17, 15) is 18.8 Å². The van der Waals surface area contributed by atoms with Crippen LogP contribution in [-0.2, 0) is 9.59 Å². The largest absolute Gasteiger partial charge is 0.480 e. The number of likely N-dealkylation sites (tertiary alicyclic amines) is 1. The molecule has 1 saturated heterocycles. The van der Waals surface area contributed by atoms with Crippen molar-refractivity contribution < 1.29 is 23.9 Å². The number of hydrogen-bond donors (Lipinski definition) is 2. The second kappa shape index (κ2) is 8.60. The monoisotopic (exact) mass is 350 g/mol. The summed E-state index contributed by atoms with van der Waals surface area (Å²) < 4.78 is 13.0. The molecule has 1 aliphatic rings. The van der Waals surface area contributed by atoms with Crippen LogP contribution in [0, 0.1) is 11.7 Å². The summed E-state index contributed by atoms with van der Waals surface area (Å²) in [6.45, 7) is 2.61. The number of nitrogens with one attached hydrogen (secondary N) is 1. The molecular formula is C18H23FN2O4. The number of benzene rings is 1. The average Bonchev–Trinajstić information content (AvgIpc) is 2.61. The molecule has 25 heavy (non-hydrogen) atoms. The second-order valence-electron chi connectivity index (χ2n) is 6.29. The summed E-state index contributed by atoms with van der Waals surface area (Å²) in [5.41, 5.74) is 0.372. The molecule has 136 valence electrons. The predicted molar refractivity (Wildman–Crippen MR) is 89.5 cm³/mol. The van der Waals surface area contributed by atoms with Crippen molar-refractivity contribution in [2.75, 3.05) is 13.1 Å². The SMILES string of the molecule is CCCC(NC(=O)C1CCCN(C(=O)c2ccc(F)cc2)C1)C(=O)O. The quantitative estimate of drug-likeness (QED) is 0.822. The van der Waals surface area contributed by atoms with Gasteiger partial charge in [0.15, 0.2) is 0 Å². The number of rotatable bonds is 6. The first-order valence-corrected chi connectivity index (χ1v) is 8.50. The Balaban J connectivity index is 1.99. The lowest BCUT2D eigenvalue weighted by Crippen LogP contribution is -2.49. The summed E-state index contributed by atoms with van der Waals surface area (Å²) in [5, 5.41) is 11.7. The van der Waals surface area contributed by atoms with Gasteiger partial charge in [-0.3, -0.25) is 9.59 Å². The lowest BCUT2D eigenvalue weighted by Gasteiger charge is -2.32. The predicted octanol–water partition coefficient (Wildman–Crippen LogP) is 2.05. The van der Waals surface area contributed by atoms with E-state index in [1.807, 2.05) is 6.92 Å². The van der Waals surface area contributed by atoms with Gasteiger partial charge >= 0.3 is 5.97 Å². The summed E-state index contributed by atoms with van der Waals surface area (Å²) >= 11 is 0. The molecule has 1 aromatic rings. The van der Waals surface area contributed by atoms with Crippen LogP contribution in [0.3, 0.4) is 0 Å². The van der Waals surface area contributed by atoms with E-state index >= 15 is 0 Å². The Morgan fingerprint density at radius 3 is 2.60 bits per heavy atom. The highest BCUT2D eigenvalue weighted by atomic mass is 19.1. The Labute approximate surface area is 146 Å². The van der Waals surface area contributed by atoms with E-state index in [1.165, 1.54) is 24.3 Å². The average molecular weight is 350 g/mol. The summed E-state index contributed by atoms with van der Waals surface area (Å²) in [6.07, 6.45) is 2.29. The maximum Gasteiger partial charge on any atom is 0.326 e. The minimum atomic E-state index is -1.05. The first-order valence-electron chi connectivity index (χ1n) is 8.50. The number of carboxylic acid groups (broad SMARTS) is 1. The molecule has 1 fully saturated rings. The summed E-state index contributed by atoms with van der Waals surface area (Å²) in [7, 11) is 0. The van der Waals surface area contributed by atoms with Gasteiger partial charge in [0.1, 0.15) is 11.9 Å². The van der Waals surface area contributed by atoms with Crippen molar-refractivity contribution in [3.05, 3.63) is 35.6 Å². The normalized spacial score (nSPS) is 18.5. The van der Waals surface area contributed by atoms with Crippen molar-refractivity contribution in [3.63, 3.8) is 0 Å². The fraction of sp³-hybridized carbons (Fsp3) is 0.500. The zero-order valence-corrected chi connectivity index (χ0v) is 14.2.